The van der Waals surface area contributed by atoms with Crippen LogP contribution in [0, 0.1) is 28.6 Å². The fourth-order valence-electron chi connectivity index (χ4n) is 7.11. The third kappa shape index (κ3) is 5.18. The summed E-state index contributed by atoms with van der Waals surface area (Å²) in [5.41, 5.74) is 2.10. The quantitative estimate of drug-likeness (QED) is 0.292. The van der Waals surface area contributed by atoms with Crippen LogP contribution in [0.2, 0.25) is 0 Å². The van der Waals surface area contributed by atoms with E-state index >= 15 is 0 Å². The molecule has 6 heteroatoms. The van der Waals surface area contributed by atoms with Crippen molar-refractivity contribution >= 4 is 17.7 Å². The maximum atomic E-state index is 13.1. The Bertz CT molecular complexity index is 958. The second kappa shape index (κ2) is 10.4. The van der Waals surface area contributed by atoms with E-state index in [9.17, 15) is 19.5 Å². The van der Waals surface area contributed by atoms with Gasteiger partial charge in [0.25, 0.3) is 0 Å². The largest absolute Gasteiger partial charge is 0.462 e. The summed E-state index contributed by atoms with van der Waals surface area (Å²) in [6, 6.07) is 0. The van der Waals surface area contributed by atoms with Gasteiger partial charge >= 0.3 is 11.9 Å². The summed E-state index contributed by atoms with van der Waals surface area (Å²) in [6.07, 6.45) is 7.22. The van der Waals surface area contributed by atoms with Crippen molar-refractivity contribution < 1.29 is 29.0 Å². The van der Waals surface area contributed by atoms with Gasteiger partial charge in [0.2, 0.25) is 0 Å². The molecule has 0 aromatic carbocycles. The van der Waals surface area contributed by atoms with Gasteiger partial charge in [-0.25, -0.2) is 0 Å². The Hall–Kier alpha value is -2.21. The minimum atomic E-state index is -0.802. The van der Waals surface area contributed by atoms with Crippen molar-refractivity contribution in [3.8, 4) is 0 Å². The van der Waals surface area contributed by atoms with Crippen LogP contribution in [0.1, 0.15) is 86.5 Å². The fourth-order valence-corrected chi connectivity index (χ4v) is 7.11. The number of esters is 2. The standard InChI is InChI=1S/C29H42O6/c1-17(16-30)9-8-13-29(7)24-11-10-18(2)23(28(24,6)14-12-25(29)35-21(5)31)15-22-26(32)19(3)20(4)34-27(22)33/h9,22-25,30H,2,8,10-16H2,1,3-7H3/b17-9-. The highest BCUT2D eigenvalue weighted by Gasteiger charge is 2.59. The molecular formula is C29H42O6. The van der Waals surface area contributed by atoms with E-state index in [1.54, 1.807) is 13.8 Å². The first-order valence-corrected chi connectivity index (χ1v) is 12.9. The second-order valence-corrected chi connectivity index (χ2v) is 11.5. The number of Topliss-reactive ketones (excluding diaryl/α,β-unsaturated/α-hetero) is 1. The van der Waals surface area contributed by atoms with Gasteiger partial charge in [0.05, 0.1) is 6.61 Å². The van der Waals surface area contributed by atoms with Crippen molar-refractivity contribution in [3.63, 3.8) is 0 Å². The number of hydrogen-bond acceptors (Lipinski definition) is 6. The Morgan fingerprint density at radius 1 is 1.23 bits per heavy atom. The molecule has 0 spiro atoms. The predicted octanol–water partition coefficient (Wildman–Crippen LogP) is 5.45. The van der Waals surface area contributed by atoms with E-state index in [-0.39, 0.29) is 47.1 Å². The topological polar surface area (TPSA) is 89.9 Å². The van der Waals surface area contributed by atoms with Gasteiger partial charge in [-0.1, -0.05) is 37.6 Å². The number of aliphatic hydroxyl groups is 1. The van der Waals surface area contributed by atoms with Crippen molar-refractivity contribution in [2.45, 2.75) is 92.6 Å². The summed E-state index contributed by atoms with van der Waals surface area (Å²) in [7, 11) is 0. The minimum Gasteiger partial charge on any atom is -0.462 e. The molecule has 1 aliphatic heterocycles. The molecule has 3 rings (SSSR count). The van der Waals surface area contributed by atoms with Crippen molar-refractivity contribution in [3.05, 3.63) is 35.1 Å². The number of allylic oxidation sites excluding steroid dienone is 4. The molecule has 2 fully saturated rings. The fraction of sp³-hybridized carbons (Fsp3) is 0.690. The van der Waals surface area contributed by atoms with Crippen LogP contribution in [-0.2, 0) is 23.9 Å². The molecule has 0 aromatic rings. The molecular weight excluding hydrogens is 444 g/mol. The van der Waals surface area contributed by atoms with Crippen LogP contribution in [-0.4, -0.2) is 35.5 Å². The highest BCUT2D eigenvalue weighted by atomic mass is 16.5. The molecule has 6 atom stereocenters. The van der Waals surface area contributed by atoms with Gasteiger partial charge in [0.1, 0.15) is 17.8 Å². The molecule has 194 valence electrons. The average Bonchev–Trinajstić information content (AvgIpc) is 2.78. The number of carbonyl (C=O) groups excluding carboxylic acids is 3. The molecule has 1 N–H and O–H groups in total. The molecule has 1 heterocycles. The Morgan fingerprint density at radius 3 is 2.54 bits per heavy atom. The van der Waals surface area contributed by atoms with Gasteiger partial charge in [-0.3, -0.25) is 14.4 Å². The smallest absolute Gasteiger partial charge is 0.321 e. The highest BCUT2D eigenvalue weighted by molar-refractivity contribution is 6.10. The minimum absolute atomic E-state index is 0.00118. The second-order valence-electron chi connectivity index (χ2n) is 11.5. The summed E-state index contributed by atoms with van der Waals surface area (Å²) in [6.45, 7) is 15.7. The van der Waals surface area contributed by atoms with E-state index < -0.39 is 11.9 Å². The van der Waals surface area contributed by atoms with E-state index in [1.165, 1.54) is 6.92 Å². The molecule has 2 saturated carbocycles. The van der Waals surface area contributed by atoms with Crippen molar-refractivity contribution in [2.75, 3.05) is 6.61 Å². The van der Waals surface area contributed by atoms with Gasteiger partial charge < -0.3 is 14.6 Å². The number of cyclic esters (lactones) is 1. The third-order valence-electron chi connectivity index (χ3n) is 9.27. The van der Waals surface area contributed by atoms with Gasteiger partial charge in [0.15, 0.2) is 5.78 Å². The van der Waals surface area contributed by atoms with Crippen molar-refractivity contribution in [1.82, 2.24) is 0 Å². The van der Waals surface area contributed by atoms with Crippen LogP contribution in [0.5, 0.6) is 0 Å². The Balaban J connectivity index is 1.95. The number of carbonyl (C=O) groups is 3. The van der Waals surface area contributed by atoms with Crippen molar-refractivity contribution in [1.29, 1.82) is 0 Å². The molecule has 0 radical (unpaired) electrons. The lowest BCUT2D eigenvalue weighted by molar-refractivity contribution is -0.180. The van der Waals surface area contributed by atoms with Gasteiger partial charge in [-0.05, 0) is 83.0 Å². The van der Waals surface area contributed by atoms with Crippen molar-refractivity contribution in [2.24, 2.45) is 28.6 Å². The van der Waals surface area contributed by atoms with Crippen LogP contribution in [0.4, 0.5) is 0 Å². The molecule has 3 aliphatic rings. The predicted molar refractivity (Wildman–Crippen MR) is 134 cm³/mol. The first-order valence-electron chi connectivity index (χ1n) is 12.9. The highest BCUT2D eigenvalue weighted by Crippen LogP contribution is 2.64. The average molecular weight is 487 g/mol. The number of ether oxygens (including phenoxy) is 2. The van der Waals surface area contributed by atoms with E-state index in [0.29, 0.717) is 17.8 Å². The zero-order valence-corrected chi connectivity index (χ0v) is 22.2. The summed E-state index contributed by atoms with van der Waals surface area (Å²) in [5, 5.41) is 9.42. The maximum absolute atomic E-state index is 13.1. The molecule has 35 heavy (non-hydrogen) atoms. The van der Waals surface area contributed by atoms with Crippen LogP contribution in [0.25, 0.3) is 0 Å². The van der Waals surface area contributed by atoms with Gasteiger partial charge in [-0.2, -0.15) is 0 Å². The van der Waals surface area contributed by atoms with E-state index in [2.05, 4.69) is 26.5 Å². The summed E-state index contributed by atoms with van der Waals surface area (Å²) in [5.74, 6) is -1.04. The van der Waals surface area contributed by atoms with Gasteiger partial charge in [-0.15, -0.1) is 0 Å². The number of aliphatic hydroxyl groups excluding tert-OH is 1. The lowest BCUT2D eigenvalue weighted by Crippen LogP contribution is -2.57. The molecule has 2 aliphatic carbocycles. The molecule has 0 bridgehead atoms. The summed E-state index contributed by atoms with van der Waals surface area (Å²) in [4.78, 5) is 37.8. The lowest BCUT2D eigenvalue weighted by Gasteiger charge is -2.61. The first kappa shape index (κ1) is 27.4. The van der Waals surface area contributed by atoms with Crippen LogP contribution < -0.4 is 0 Å². The zero-order chi connectivity index (χ0) is 26.1. The van der Waals surface area contributed by atoms with E-state index in [4.69, 9.17) is 9.47 Å². The molecule has 0 amide bonds. The normalized spacial score (nSPS) is 36.1. The Labute approximate surface area is 209 Å². The Kier molecular flexibility index (Phi) is 8.15. The Morgan fingerprint density at radius 2 is 1.91 bits per heavy atom. The van der Waals surface area contributed by atoms with Crippen LogP contribution >= 0.6 is 0 Å². The molecule has 0 saturated heterocycles. The number of fused-ring (bicyclic) bond motifs is 1. The first-order chi connectivity index (χ1) is 16.3. The molecule has 0 aromatic heterocycles. The van der Waals surface area contributed by atoms with E-state index in [1.807, 2.05) is 6.92 Å². The number of rotatable bonds is 7. The zero-order valence-electron chi connectivity index (χ0n) is 22.2. The molecule has 6 nitrogen and oxygen atoms in total. The van der Waals surface area contributed by atoms with E-state index in [0.717, 1.165) is 49.7 Å². The molecule has 6 unspecified atom stereocenters. The van der Waals surface area contributed by atoms with Gasteiger partial charge in [0, 0.05) is 17.9 Å². The summed E-state index contributed by atoms with van der Waals surface area (Å²) < 4.78 is 11.3. The maximum Gasteiger partial charge on any atom is 0.321 e. The third-order valence-corrected chi connectivity index (χ3v) is 9.27. The number of hydrogen-bond donors (Lipinski definition) is 1. The number of ketones is 1. The lowest BCUT2D eigenvalue weighted by atomic mass is 9.45. The monoisotopic (exact) mass is 486 g/mol. The SMILES string of the molecule is C=C1CCC2C(C)(CC/C=C(/C)CO)C(OC(C)=O)CCC2(C)C1CC1C(=O)OC(C)=C(C)C1=O. The van der Waals surface area contributed by atoms with Crippen LogP contribution in [0.3, 0.4) is 0 Å². The summed E-state index contributed by atoms with van der Waals surface area (Å²) >= 11 is 0. The van der Waals surface area contributed by atoms with Crippen LogP contribution in [0.15, 0.2) is 35.1 Å².